The zero-order chi connectivity index (χ0) is 22.5. The van der Waals surface area contributed by atoms with Gasteiger partial charge in [0.15, 0.2) is 11.0 Å². The Hall–Kier alpha value is -2.74. The van der Waals surface area contributed by atoms with Gasteiger partial charge in [-0.3, -0.25) is 9.36 Å². The topological polar surface area (TPSA) is 82.2 Å². The molecule has 8 heteroatoms. The molecule has 0 spiro atoms. The predicted octanol–water partition coefficient (Wildman–Crippen LogP) is 4.77. The van der Waals surface area contributed by atoms with Crippen molar-refractivity contribution in [2.24, 2.45) is 5.92 Å². The number of hydrogen-bond acceptors (Lipinski definition) is 6. The zero-order valence-corrected chi connectivity index (χ0v) is 19.6. The smallest absolute Gasteiger partial charge is 0.233 e. The first-order valence-corrected chi connectivity index (χ1v) is 12.0. The number of rotatable bonds is 8. The second-order valence-electron chi connectivity index (χ2n) is 8.34. The van der Waals surface area contributed by atoms with Gasteiger partial charge in [-0.05, 0) is 62.1 Å². The van der Waals surface area contributed by atoms with Crippen LogP contribution in [0.5, 0.6) is 5.75 Å². The molecule has 1 aliphatic carbocycles. The molecule has 2 aromatic heterocycles. The minimum absolute atomic E-state index is 0.0484. The van der Waals surface area contributed by atoms with Crippen molar-refractivity contribution in [1.82, 2.24) is 20.1 Å². The van der Waals surface area contributed by atoms with Gasteiger partial charge in [0.2, 0.25) is 5.91 Å². The van der Waals surface area contributed by atoms with Crippen molar-refractivity contribution in [2.75, 3.05) is 7.11 Å². The first-order chi connectivity index (χ1) is 15.5. The summed E-state index contributed by atoms with van der Waals surface area (Å²) in [6.45, 7) is 4.63. The fourth-order valence-corrected chi connectivity index (χ4v) is 4.93. The van der Waals surface area contributed by atoms with E-state index in [0.717, 1.165) is 29.3 Å². The van der Waals surface area contributed by atoms with Gasteiger partial charge in [0, 0.05) is 11.6 Å². The number of nitrogens with zero attached hydrogens (tertiary/aromatic N) is 3. The molecule has 1 fully saturated rings. The van der Waals surface area contributed by atoms with Crippen molar-refractivity contribution in [3.8, 4) is 17.1 Å². The molecule has 3 aromatic rings. The Bertz CT molecular complexity index is 1020. The van der Waals surface area contributed by atoms with Crippen LogP contribution in [0.1, 0.15) is 45.3 Å². The van der Waals surface area contributed by atoms with Crippen molar-refractivity contribution in [2.45, 2.75) is 62.5 Å². The van der Waals surface area contributed by atoms with E-state index in [2.05, 4.69) is 22.4 Å². The summed E-state index contributed by atoms with van der Waals surface area (Å²) < 4.78 is 12.8. The SMILES string of the molecule is COc1ccc(-c2nnc(SC(C)C(=O)NC3CCCCC3C)n2Cc2ccco2)cc1. The van der Waals surface area contributed by atoms with Crippen LogP contribution in [0.15, 0.2) is 52.2 Å². The monoisotopic (exact) mass is 454 g/mol. The first-order valence-electron chi connectivity index (χ1n) is 11.1. The van der Waals surface area contributed by atoms with Crippen LogP contribution in [-0.4, -0.2) is 39.1 Å². The molecule has 7 nitrogen and oxygen atoms in total. The number of carbonyl (C=O) groups is 1. The molecule has 2 heterocycles. The number of aromatic nitrogens is 3. The highest BCUT2D eigenvalue weighted by atomic mass is 32.2. The second kappa shape index (κ2) is 10.3. The van der Waals surface area contributed by atoms with E-state index < -0.39 is 0 Å². The van der Waals surface area contributed by atoms with Crippen LogP contribution >= 0.6 is 11.8 Å². The Morgan fingerprint density at radius 2 is 2.03 bits per heavy atom. The van der Waals surface area contributed by atoms with Crippen molar-refractivity contribution in [3.63, 3.8) is 0 Å². The van der Waals surface area contributed by atoms with Crippen molar-refractivity contribution < 1.29 is 13.9 Å². The third-order valence-electron chi connectivity index (χ3n) is 6.05. The molecule has 3 atom stereocenters. The summed E-state index contributed by atoms with van der Waals surface area (Å²) in [4.78, 5) is 12.9. The summed E-state index contributed by atoms with van der Waals surface area (Å²) in [5, 5.41) is 12.5. The fourth-order valence-electron chi connectivity index (χ4n) is 4.07. The lowest BCUT2D eigenvalue weighted by Gasteiger charge is -2.30. The van der Waals surface area contributed by atoms with Crippen LogP contribution < -0.4 is 10.1 Å². The van der Waals surface area contributed by atoms with Crippen molar-refractivity contribution >= 4 is 17.7 Å². The predicted molar refractivity (Wildman–Crippen MR) is 125 cm³/mol. The Kier molecular flexibility index (Phi) is 7.19. The summed E-state index contributed by atoms with van der Waals surface area (Å²) in [6, 6.07) is 11.8. The number of benzene rings is 1. The molecule has 0 aliphatic heterocycles. The largest absolute Gasteiger partial charge is 0.497 e. The summed E-state index contributed by atoms with van der Waals surface area (Å²) in [7, 11) is 1.64. The van der Waals surface area contributed by atoms with E-state index in [4.69, 9.17) is 9.15 Å². The van der Waals surface area contributed by atoms with Crippen LogP contribution in [0.25, 0.3) is 11.4 Å². The lowest BCUT2D eigenvalue weighted by atomic mass is 9.86. The van der Waals surface area contributed by atoms with Gasteiger partial charge in [-0.2, -0.15) is 0 Å². The molecular weight excluding hydrogens is 424 g/mol. The van der Waals surface area contributed by atoms with Crippen LogP contribution in [0.4, 0.5) is 0 Å². The van der Waals surface area contributed by atoms with Crippen LogP contribution in [0.2, 0.25) is 0 Å². The lowest BCUT2D eigenvalue weighted by molar-refractivity contribution is -0.121. The van der Waals surface area contributed by atoms with E-state index in [9.17, 15) is 4.79 Å². The number of methoxy groups -OCH3 is 1. The van der Waals surface area contributed by atoms with Gasteiger partial charge in [0.1, 0.15) is 11.5 Å². The van der Waals surface area contributed by atoms with Gasteiger partial charge in [-0.1, -0.05) is 31.5 Å². The van der Waals surface area contributed by atoms with Gasteiger partial charge < -0.3 is 14.5 Å². The number of thioether (sulfide) groups is 1. The first kappa shape index (κ1) is 22.5. The lowest BCUT2D eigenvalue weighted by Crippen LogP contribution is -2.44. The average molecular weight is 455 g/mol. The number of hydrogen-bond donors (Lipinski definition) is 1. The summed E-state index contributed by atoms with van der Waals surface area (Å²) in [5.74, 6) is 2.87. The van der Waals surface area contributed by atoms with E-state index in [1.54, 1.807) is 13.4 Å². The number of nitrogens with one attached hydrogen (secondary N) is 1. The summed E-state index contributed by atoms with van der Waals surface area (Å²) >= 11 is 1.42. The van der Waals surface area contributed by atoms with Crippen molar-refractivity contribution in [1.29, 1.82) is 0 Å². The molecule has 1 N–H and O–H groups in total. The molecule has 0 saturated heterocycles. The Morgan fingerprint density at radius 1 is 1.25 bits per heavy atom. The number of carbonyl (C=O) groups excluding carboxylic acids is 1. The molecule has 0 bridgehead atoms. The van der Waals surface area contributed by atoms with Crippen LogP contribution in [0, 0.1) is 5.92 Å². The standard InChI is InChI=1S/C24H30N4O3S/c1-16-7-4-5-9-21(16)25-23(29)17(2)32-24-27-26-22(18-10-12-19(30-3)13-11-18)28(24)15-20-8-6-14-31-20/h6,8,10-14,16-17,21H,4-5,7,9,15H2,1-3H3,(H,25,29). The molecule has 3 unspecified atom stereocenters. The molecule has 1 aromatic carbocycles. The highest BCUT2D eigenvalue weighted by Gasteiger charge is 2.27. The summed E-state index contributed by atoms with van der Waals surface area (Å²) in [6.07, 6.45) is 6.32. The van der Waals surface area contributed by atoms with E-state index in [-0.39, 0.29) is 17.2 Å². The Labute approximate surface area is 192 Å². The molecule has 170 valence electrons. The van der Waals surface area contributed by atoms with Crippen LogP contribution in [0.3, 0.4) is 0 Å². The molecule has 1 amide bonds. The minimum Gasteiger partial charge on any atom is -0.497 e. The number of furan rings is 1. The third-order valence-corrected chi connectivity index (χ3v) is 7.13. The fraction of sp³-hybridized carbons (Fsp3) is 0.458. The van der Waals surface area contributed by atoms with Gasteiger partial charge in [0.25, 0.3) is 0 Å². The molecule has 32 heavy (non-hydrogen) atoms. The van der Waals surface area contributed by atoms with Gasteiger partial charge >= 0.3 is 0 Å². The maximum atomic E-state index is 12.9. The normalized spacial score (nSPS) is 19.5. The molecule has 1 aliphatic rings. The van der Waals surface area contributed by atoms with Gasteiger partial charge in [-0.25, -0.2) is 0 Å². The molecule has 0 radical (unpaired) electrons. The van der Waals surface area contributed by atoms with E-state index >= 15 is 0 Å². The molecular formula is C24H30N4O3S. The Morgan fingerprint density at radius 3 is 2.72 bits per heavy atom. The van der Waals surface area contributed by atoms with Gasteiger partial charge in [0.05, 0.1) is 25.2 Å². The maximum Gasteiger partial charge on any atom is 0.233 e. The van der Waals surface area contributed by atoms with Crippen LogP contribution in [-0.2, 0) is 11.3 Å². The van der Waals surface area contributed by atoms with Crippen molar-refractivity contribution in [3.05, 3.63) is 48.4 Å². The summed E-state index contributed by atoms with van der Waals surface area (Å²) in [5.41, 5.74) is 0.921. The maximum absolute atomic E-state index is 12.9. The highest BCUT2D eigenvalue weighted by molar-refractivity contribution is 8.00. The highest BCUT2D eigenvalue weighted by Crippen LogP contribution is 2.30. The van der Waals surface area contributed by atoms with E-state index in [0.29, 0.717) is 17.6 Å². The molecule has 4 rings (SSSR count). The Balaban J connectivity index is 1.54. The quantitative estimate of drug-likeness (QED) is 0.494. The van der Waals surface area contributed by atoms with Gasteiger partial charge in [-0.15, -0.1) is 10.2 Å². The third kappa shape index (κ3) is 5.18. The number of ether oxygens (including phenoxy) is 1. The zero-order valence-electron chi connectivity index (χ0n) is 18.8. The van der Waals surface area contributed by atoms with E-state index in [1.807, 2.05) is 47.9 Å². The molecule has 1 saturated carbocycles. The number of amides is 1. The van der Waals surface area contributed by atoms with E-state index in [1.165, 1.54) is 31.0 Å². The average Bonchev–Trinajstić information content (AvgIpc) is 3.46. The second-order valence-corrected chi connectivity index (χ2v) is 9.65. The minimum atomic E-state index is -0.285.